The number of nitrogens with two attached hydrogens (primary N) is 1. The molecule has 0 saturated carbocycles. The predicted octanol–water partition coefficient (Wildman–Crippen LogP) is 2.74. The average molecular weight is 343 g/mol. The van der Waals surface area contributed by atoms with Gasteiger partial charge in [-0.05, 0) is 36.8 Å². The molecular formula is C19H17N7. The monoisotopic (exact) mass is 343 g/mol. The lowest BCUT2D eigenvalue weighted by Gasteiger charge is -2.05. The van der Waals surface area contributed by atoms with Crippen molar-refractivity contribution in [3.05, 3.63) is 72.2 Å². The molecule has 0 unspecified atom stereocenters. The fraction of sp³-hybridized carbons (Fsp3) is 0.105. The van der Waals surface area contributed by atoms with E-state index in [1.807, 2.05) is 49.5 Å². The van der Waals surface area contributed by atoms with Crippen LogP contribution < -0.4 is 5.73 Å². The third-order valence-electron chi connectivity index (χ3n) is 3.95. The Labute approximate surface area is 150 Å². The highest BCUT2D eigenvalue weighted by Gasteiger charge is 2.11. The molecule has 0 radical (unpaired) electrons. The van der Waals surface area contributed by atoms with Crippen LogP contribution in [-0.4, -0.2) is 29.9 Å². The molecule has 0 spiro atoms. The van der Waals surface area contributed by atoms with Gasteiger partial charge in [0.15, 0.2) is 0 Å². The first-order chi connectivity index (χ1) is 12.7. The second-order valence-corrected chi connectivity index (χ2v) is 6.02. The van der Waals surface area contributed by atoms with Gasteiger partial charge in [-0.3, -0.25) is 4.98 Å². The van der Waals surface area contributed by atoms with E-state index in [-0.39, 0.29) is 5.95 Å². The number of pyridine rings is 1. The Kier molecular flexibility index (Phi) is 4.10. The molecule has 7 nitrogen and oxygen atoms in total. The number of benzene rings is 1. The summed E-state index contributed by atoms with van der Waals surface area (Å²) in [4.78, 5) is 12.7. The first-order valence-electron chi connectivity index (χ1n) is 8.18. The number of hydrogen-bond acceptors (Lipinski definition) is 6. The van der Waals surface area contributed by atoms with Crippen LogP contribution in [0.15, 0.2) is 61.1 Å². The van der Waals surface area contributed by atoms with E-state index in [9.17, 15) is 0 Å². The number of nitrogens with zero attached hydrogens (tertiary/aromatic N) is 6. The Balaban J connectivity index is 1.66. The van der Waals surface area contributed by atoms with Gasteiger partial charge in [-0.2, -0.15) is 0 Å². The fourth-order valence-electron chi connectivity index (χ4n) is 2.72. The van der Waals surface area contributed by atoms with Gasteiger partial charge >= 0.3 is 0 Å². The molecule has 0 saturated heterocycles. The highest BCUT2D eigenvalue weighted by molar-refractivity contribution is 5.67. The van der Waals surface area contributed by atoms with Crippen LogP contribution in [-0.2, 0) is 6.54 Å². The molecule has 0 fully saturated rings. The molecule has 0 aliphatic heterocycles. The zero-order valence-electron chi connectivity index (χ0n) is 14.2. The summed E-state index contributed by atoms with van der Waals surface area (Å²) in [6, 6.07) is 13.9. The fourth-order valence-corrected chi connectivity index (χ4v) is 2.72. The summed E-state index contributed by atoms with van der Waals surface area (Å²) in [6.07, 6.45) is 5.36. The minimum Gasteiger partial charge on any atom is -0.368 e. The van der Waals surface area contributed by atoms with Gasteiger partial charge in [0.25, 0.3) is 0 Å². The molecule has 128 valence electrons. The van der Waals surface area contributed by atoms with Crippen molar-refractivity contribution >= 4 is 5.95 Å². The third kappa shape index (κ3) is 3.41. The zero-order valence-corrected chi connectivity index (χ0v) is 14.2. The first kappa shape index (κ1) is 15.9. The van der Waals surface area contributed by atoms with Crippen LogP contribution in [0.2, 0.25) is 0 Å². The quantitative estimate of drug-likeness (QED) is 0.612. The standard InChI is InChI=1S/C19H17N7/c1-13-3-2-4-15(9-13)16-10-17(23-19(20)22-16)18-12-26(25-24-18)11-14-5-7-21-8-6-14/h2-10,12H,11H2,1H3,(H2,20,22,23). The van der Waals surface area contributed by atoms with Crippen molar-refractivity contribution in [2.75, 3.05) is 5.73 Å². The summed E-state index contributed by atoms with van der Waals surface area (Å²) in [6.45, 7) is 2.65. The summed E-state index contributed by atoms with van der Waals surface area (Å²) >= 11 is 0. The Bertz CT molecular complexity index is 1040. The minimum atomic E-state index is 0.211. The molecule has 0 amide bonds. The second kappa shape index (κ2) is 6.72. The normalized spacial score (nSPS) is 10.8. The van der Waals surface area contributed by atoms with Crippen LogP contribution in [0.5, 0.6) is 0 Å². The van der Waals surface area contributed by atoms with Crippen LogP contribution in [0.4, 0.5) is 5.95 Å². The lowest BCUT2D eigenvalue weighted by Crippen LogP contribution is -2.00. The van der Waals surface area contributed by atoms with Gasteiger partial charge in [-0.1, -0.05) is 29.0 Å². The zero-order chi connectivity index (χ0) is 17.9. The van der Waals surface area contributed by atoms with E-state index in [0.717, 1.165) is 22.4 Å². The molecule has 0 aliphatic rings. The highest BCUT2D eigenvalue weighted by Crippen LogP contribution is 2.24. The molecule has 4 aromatic rings. The summed E-state index contributed by atoms with van der Waals surface area (Å²) in [5.41, 5.74) is 11.2. The number of aryl methyl sites for hydroxylation is 1. The Morgan fingerprint density at radius 3 is 2.58 bits per heavy atom. The molecule has 0 bridgehead atoms. The van der Waals surface area contributed by atoms with Crippen molar-refractivity contribution in [3.8, 4) is 22.6 Å². The smallest absolute Gasteiger partial charge is 0.221 e. The lowest BCUT2D eigenvalue weighted by molar-refractivity contribution is 0.649. The number of aromatic nitrogens is 6. The SMILES string of the molecule is Cc1cccc(-c2cc(-c3cn(Cc4ccncc4)nn3)nc(N)n2)c1. The van der Waals surface area contributed by atoms with E-state index in [1.165, 1.54) is 0 Å². The van der Waals surface area contributed by atoms with E-state index >= 15 is 0 Å². The minimum absolute atomic E-state index is 0.211. The van der Waals surface area contributed by atoms with Crippen molar-refractivity contribution in [3.63, 3.8) is 0 Å². The van der Waals surface area contributed by atoms with Crippen molar-refractivity contribution in [2.45, 2.75) is 13.5 Å². The molecule has 3 aromatic heterocycles. The van der Waals surface area contributed by atoms with Crippen LogP contribution in [0.25, 0.3) is 22.6 Å². The largest absolute Gasteiger partial charge is 0.368 e. The van der Waals surface area contributed by atoms with Crippen molar-refractivity contribution < 1.29 is 0 Å². The summed E-state index contributed by atoms with van der Waals surface area (Å²) in [5.74, 6) is 0.211. The predicted molar refractivity (Wildman–Crippen MR) is 99.0 cm³/mol. The van der Waals surface area contributed by atoms with Gasteiger partial charge in [0.2, 0.25) is 5.95 Å². The maximum Gasteiger partial charge on any atom is 0.221 e. The average Bonchev–Trinajstić information content (AvgIpc) is 3.11. The number of rotatable bonds is 4. The first-order valence-corrected chi connectivity index (χ1v) is 8.18. The van der Waals surface area contributed by atoms with Gasteiger partial charge in [0, 0.05) is 18.0 Å². The molecule has 2 N–H and O–H groups in total. The highest BCUT2D eigenvalue weighted by atomic mass is 15.4. The number of nitrogen functional groups attached to an aromatic ring is 1. The van der Waals surface area contributed by atoms with Gasteiger partial charge in [0.05, 0.1) is 24.1 Å². The van der Waals surface area contributed by atoms with E-state index in [2.05, 4.69) is 31.3 Å². The van der Waals surface area contributed by atoms with Gasteiger partial charge in [-0.15, -0.1) is 5.10 Å². The number of hydrogen-bond donors (Lipinski definition) is 1. The Morgan fingerprint density at radius 1 is 0.962 bits per heavy atom. The topological polar surface area (TPSA) is 95.4 Å². The maximum absolute atomic E-state index is 5.92. The van der Waals surface area contributed by atoms with Gasteiger partial charge in [-0.25, -0.2) is 14.6 Å². The summed E-state index contributed by atoms with van der Waals surface area (Å²) in [5, 5.41) is 8.41. The van der Waals surface area contributed by atoms with E-state index in [1.54, 1.807) is 17.1 Å². The van der Waals surface area contributed by atoms with E-state index in [0.29, 0.717) is 17.9 Å². The van der Waals surface area contributed by atoms with Crippen LogP contribution >= 0.6 is 0 Å². The van der Waals surface area contributed by atoms with Crippen LogP contribution in [0.3, 0.4) is 0 Å². The van der Waals surface area contributed by atoms with Crippen LogP contribution in [0.1, 0.15) is 11.1 Å². The molecule has 7 heteroatoms. The summed E-state index contributed by atoms with van der Waals surface area (Å²) in [7, 11) is 0. The maximum atomic E-state index is 5.92. The molecule has 3 heterocycles. The molecule has 26 heavy (non-hydrogen) atoms. The number of anilines is 1. The van der Waals surface area contributed by atoms with Crippen molar-refractivity contribution in [1.29, 1.82) is 0 Å². The molecule has 0 aliphatic carbocycles. The Hall–Kier alpha value is -3.61. The second-order valence-electron chi connectivity index (χ2n) is 6.02. The lowest BCUT2D eigenvalue weighted by atomic mass is 10.1. The third-order valence-corrected chi connectivity index (χ3v) is 3.95. The Morgan fingerprint density at radius 2 is 1.77 bits per heavy atom. The van der Waals surface area contributed by atoms with Gasteiger partial charge in [0.1, 0.15) is 5.69 Å². The molecular weight excluding hydrogens is 326 g/mol. The molecule has 4 rings (SSSR count). The van der Waals surface area contributed by atoms with E-state index < -0.39 is 0 Å². The van der Waals surface area contributed by atoms with Crippen molar-refractivity contribution in [2.24, 2.45) is 0 Å². The van der Waals surface area contributed by atoms with Crippen molar-refractivity contribution in [1.82, 2.24) is 29.9 Å². The van der Waals surface area contributed by atoms with Crippen LogP contribution in [0, 0.1) is 6.92 Å². The van der Waals surface area contributed by atoms with E-state index in [4.69, 9.17) is 5.73 Å². The summed E-state index contributed by atoms with van der Waals surface area (Å²) < 4.78 is 1.76. The molecule has 0 atom stereocenters. The van der Waals surface area contributed by atoms with Gasteiger partial charge < -0.3 is 5.73 Å². The molecule has 1 aromatic carbocycles.